The number of pyridine rings is 1. The molecular formula is C25H19NO. The van der Waals surface area contributed by atoms with E-state index in [-0.39, 0.29) is 0 Å². The molecule has 27 heavy (non-hydrogen) atoms. The van der Waals surface area contributed by atoms with E-state index >= 15 is 0 Å². The van der Waals surface area contributed by atoms with E-state index in [0.717, 1.165) is 33.2 Å². The predicted molar refractivity (Wildman–Crippen MR) is 111 cm³/mol. The molecule has 5 aromatic rings. The zero-order chi connectivity index (χ0) is 18.2. The van der Waals surface area contributed by atoms with Crippen LogP contribution in [0.2, 0.25) is 0 Å². The van der Waals surface area contributed by atoms with Crippen LogP contribution in [0, 0.1) is 0 Å². The van der Waals surface area contributed by atoms with Gasteiger partial charge in [0.25, 0.3) is 0 Å². The lowest BCUT2D eigenvalue weighted by Gasteiger charge is -2.13. The van der Waals surface area contributed by atoms with Gasteiger partial charge in [-0.15, -0.1) is 0 Å². The fraction of sp³-hybridized carbons (Fsp3) is 0.0800. The van der Waals surface area contributed by atoms with Gasteiger partial charge >= 0.3 is 0 Å². The summed E-state index contributed by atoms with van der Waals surface area (Å²) in [5.41, 5.74) is 6.43. The van der Waals surface area contributed by atoms with Crippen LogP contribution >= 0.6 is 0 Å². The van der Waals surface area contributed by atoms with Crippen molar-refractivity contribution in [2.24, 2.45) is 0 Å². The Morgan fingerprint density at radius 1 is 0.704 bits per heavy atom. The van der Waals surface area contributed by atoms with Crippen LogP contribution in [0.1, 0.15) is 24.0 Å². The highest BCUT2D eigenvalue weighted by Crippen LogP contribution is 2.32. The topological polar surface area (TPSA) is 26.0 Å². The Balaban J connectivity index is 1.59. The summed E-state index contributed by atoms with van der Waals surface area (Å²) in [6, 6.07) is 29.5. The number of aromatic nitrogens is 1. The monoisotopic (exact) mass is 349 g/mol. The van der Waals surface area contributed by atoms with Crippen LogP contribution in [0.4, 0.5) is 0 Å². The van der Waals surface area contributed by atoms with Crippen molar-refractivity contribution in [2.45, 2.75) is 12.8 Å². The van der Waals surface area contributed by atoms with Crippen LogP contribution in [-0.2, 0) is 0 Å². The summed E-state index contributed by atoms with van der Waals surface area (Å²) in [6.07, 6.45) is 1.83. The lowest BCUT2D eigenvalue weighted by atomic mass is 9.91. The molecule has 130 valence electrons. The molecule has 2 heteroatoms. The SMILES string of the molecule is CC(c1ccccc1)c1cccc(-c2cc3c(cn2)oc2ccccc23)c1. The molecule has 0 spiro atoms. The number of nitrogens with zero attached hydrogens (tertiary/aromatic N) is 1. The van der Waals surface area contributed by atoms with E-state index in [2.05, 4.69) is 78.6 Å². The molecule has 0 fully saturated rings. The van der Waals surface area contributed by atoms with Crippen molar-refractivity contribution in [3.8, 4) is 11.3 Å². The van der Waals surface area contributed by atoms with Gasteiger partial charge in [-0.2, -0.15) is 0 Å². The van der Waals surface area contributed by atoms with Crippen molar-refractivity contribution in [3.05, 3.63) is 102 Å². The predicted octanol–water partition coefficient (Wildman–Crippen LogP) is 6.80. The Labute approximate surface area is 158 Å². The van der Waals surface area contributed by atoms with Gasteiger partial charge in [0.15, 0.2) is 5.58 Å². The number of para-hydroxylation sites is 1. The first-order valence-electron chi connectivity index (χ1n) is 9.22. The van der Waals surface area contributed by atoms with E-state index in [9.17, 15) is 0 Å². The van der Waals surface area contributed by atoms with Gasteiger partial charge in [0, 0.05) is 22.3 Å². The highest BCUT2D eigenvalue weighted by molar-refractivity contribution is 6.05. The first-order chi connectivity index (χ1) is 13.3. The average molecular weight is 349 g/mol. The largest absolute Gasteiger partial charge is 0.454 e. The molecule has 1 atom stereocenters. The molecule has 2 nitrogen and oxygen atoms in total. The van der Waals surface area contributed by atoms with Crippen LogP contribution in [0.3, 0.4) is 0 Å². The third kappa shape index (κ3) is 2.80. The first kappa shape index (κ1) is 15.8. The highest BCUT2D eigenvalue weighted by Gasteiger charge is 2.12. The molecule has 0 radical (unpaired) electrons. The van der Waals surface area contributed by atoms with Gasteiger partial charge in [0.05, 0.1) is 11.9 Å². The molecule has 0 aliphatic rings. The Hall–Kier alpha value is -3.39. The quantitative estimate of drug-likeness (QED) is 0.358. The lowest BCUT2D eigenvalue weighted by Crippen LogP contribution is -1.96. The number of hydrogen-bond acceptors (Lipinski definition) is 2. The summed E-state index contributed by atoms with van der Waals surface area (Å²) in [4.78, 5) is 4.65. The van der Waals surface area contributed by atoms with Crippen molar-refractivity contribution in [2.75, 3.05) is 0 Å². The third-order valence-electron chi connectivity index (χ3n) is 5.25. The second kappa shape index (κ2) is 6.40. The summed E-state index contributed by atoms with van der Waals surface area (Å²) in [7, 11) is 0. The first-order valence-corrected chi connectivity index (χ1v) is 9.22. The summed E-state index contributed by atoms with van der Waals surface area (Å²) >= 11 is 0. The fourth-order valence-corrected chi connectivity index (χ4v) is 3.69. The minimum Gasteiger partial charge on any atom is -0.454 e. The van der Waals surface area contributed by atoms with Crippen LogP contribution in [-0.4, -0.2) is 4.98 Å². The Morgan fingerprint density at radius 3 is 2.37 bits per heavy atom. The fourth-order valence-electron chi connectivity index (χ4n) is 3.69. The van der Waals surface area contributed by atoms with Crippen LogP contribution < -0.4 is 0 Å². The van der Waals surface area contributed by atoms with Gasteiger partial charge in [0.1, 0.15) is 5.58 Å². The van der Waals surface area contributed by atoms with Gasteiger partial charge < -0.3 is 4.42 Å². The summed E-state index contributed by atoms with van der Waals surface area (Å²) in [6.45, 7) is 2.24. The second-order valence-corrected chi connectivity index (χ2v) is 6.92. The molecule has 0 saturated carbocycles. The van der Waals surface area contributed by atoms with E-state index in [4.69, 9.17) is 4.42 Å². The molecule has 2 heterocycles. The van der Waals surface area contributed by atoms with Crippen molar-refractivity contribution < 1.29 is 4.42 Å². The van der Waals surface area contributed by atoms with E-state index in [0.29, 0.717) is 5.92 Å². The average Bonchev–Trinajstić information content (AvgIpc) is 3.12. The van der Waals surface area contributed by atoms with E-state index in [1.54, 1.807) is 0 Å². The lowest BCUT2D eigenvalue weighted by molar-refractivity contribution is 0.667. The Bertz CT molecular complexity index is 1240. The van der Waals surface area contributed by atoms with E-state index < -0.39 is 0 Å². The van der Waals surface area contributed by atoms with Crippen molar-refractivity contribution >= 4 is 21.9 Å². The Kier molecular flexibility index (Phi) is 3.75. The maximum absolute atomic E-state index is 5.90. The number of furan rings is 1. The minimum absolute atomic E-state index is 0.338. The van der Waals surface area contributed by atoms with Crippen molar-refractivity contribution in [3.63, 3.8) is 0 Å². The van der Waals surface area contributed by atoms with Crippen molar-refractivity contribution in [1.29, 1.82) is 0 Å². The summed E-state index contributed by atoms with van der Waals surface area (Å²) in [5.74, 6) is 0.338. The van der Waals surface area contributed by atoms with Gasteiger partial charge in [0.2, 0.25) is 0 Å². The number of benzene rings is 3. The van der Waals surface area contributed by atoms with Gasteiger partial charge in [-0.25, -0.2) is 0 Å². The zero-order valence-corrected chi connectivity index (χ0v) is 15.1. The van der Waals surface area contributed by atoms with E-state index in [1.165, 1.54) is 11.1 Å². The van der Waals surface area contributed by atoms with Gasteiger partial charge in [-0.05, 0) is 29.3 Å². The van der Waals surface area contributed by atoms with Crippen LogP contribution in [0.5, 0.6) is 0 Å². The van der Waals surface area contributed by atoms with Gasteiger partial charge in [-0.1, -0.05) is 73.7 Å². The van der Waals surface area contributed by atoms with Gasteiger partial charge in [-0.3, -0.25) is 4.98 Å². The Morgan fingerprint density at radius 2 is 1.48 bits per heavy atom. The smallest absolute Gasteiger partial charge is 0.153 e. The zero-order valence-electron chi connectivity index (χ0n) is 15.1. The summed E-state index contributed by atoms with van der Waals surface area (Å²) < 4.78 is 5.90. The molecule has 0 aliphatic carbocycles. The van der Waals surface area contributed by atoms with Crippen LogP contribution in [0.25, 0.3) is 33.2 Å². The molecule has 1 unspecified atom stereocenters. The summed E-state index contributed by atoms with van der Waals surface area (Å²) in [5, 5.41) is 2.24. The normalized spacial score (nSPS) is 12.5. The molecule has 0 amide bonds. The molecule has 3 aromatic carbocycles. The molecule has 0 N–H and O–H groups in total. The second-order valence-electron chi connectivity index (χ2n) is 6.92. The number of rotatable bonds is 3. The van der Waals surface area contributed by atoms with E-state index in [1.807, 2.05) is 24.4 Å². The molecule has 0 aliphatic heterocycles. The maximum Gasteiger partial charge on any atom is 0.153 e. The number of fused-ring (bicyclic) bond motifs is 3. The molecule has 2 aromatic heterocycles. The number of hydrogen-bond donors (Lipinski definition) is 0. The molecule has 0 bridgehead atoms. The van der Waals surface area contributed by atoms with Crippen molar-refractivity contribution in [1.82, 2.24) is 4.98 Å². The standard InChI is InChI=1S/C25H19NO/c1-17(18-8-3-2-4-9-18)19-10-7-11-20(14-19)23-15-22-21-12-5-6-13-24(21)27-25(22)16-26-23/h2-17H,1H3. The maximum atomic E-state index is 5.90. The van der Waals surface area contributed by atoms with Crippen LogP contribution in [0.15, 0.2) is 95.5 Å². The molecular weight excluding hydrogens is 330 g/mol. The third-order valence-corrected chi connectivity index (χ3v) is 5.25. The highest BCUT2D eigenvalue weighted by atomic mass is 16.3. The minimum atomic E-state index is 0.338. The molecule has 5 rings (SSSR count). The molecule has 0 saturated heterocycles.